The number of hydrogen-bond donors (Lipinski definition) is 3. The first-order valence-electron chi connectivity index (χ1n) is 17.7. The largest absolute Gasteiger partial charge is 0.791 e. The number of likely N-dealkylation sites (tertiary alicyclic amines) is 1. The van der Waals surface area contributed by atoms with Crippen LogP contribution in [0.5, 0.6) is 5.75 Å². The summed E-state index contributed by atoms with van der Waals surface area (Å²) in [5.41, 5.74) is 0.598. The molecule has 54 heavy (non-hydrogen) atoms. The summed E-state index contributed by atoms with van der Waals surface area (Å²) in [6, 6.07) is 10.6. The Hall–Kier alpha value is -5.06. The van der Waals surface area contributed by atoms with E-state index in [9.17, 15) is 41.6 Å². The number of alkyl halides is 2. The Morgan fingerprint density at radius 1 is 1.02 bits per heavy atom. The molecule has 14 nitrogen and oxygen atoms in total. The zero-order valence-electron chi connectivity index (χ0n) is 30.0. The van der Waals surface area contributed by atoms with E-state index < -0.39 is 80.9 Å². The fourth-order valence-electron chi connectivity index (χ4n) is 6.93. The van der Waals surface area contributed by atoms with Crippen LogP contribution < -0.4 is 20.1 Å². The first kappa shape index (κ1) is 38.7. The first-order valence-corrected chi connectivity index (χ1v) is 19.2. The van der Waals surface area contributed by atoms with Gasteiger partial charge in [-0.3, -0.25) is 19.1 Å². The molecule has 0 unspecified atom stereocenters. The van der Waals surface area contributed by atoms with Crippen molar-refractivity contribution >= 4 is 39.5 Å². The van der Waals surface area contributed by atoms with Crippen LogP contribution in [0.4, 0.5) is 13.6 Å². The zero-order valence-corrected chi connectivity index (χ0v) is 30.8. The fourth-order valence-corrected chi connectivity index (χ4v) is 8.30. The van der Waals surface area contributed by atoms with Gasteiger partial charge in [0.15, 0.2) is 0 Å². The lowest BCUT2D eigenvalue weighted by atomic mass is 9.85. The van der Waals surface area contributed by atoms with Crippen LogP contribution in [0.2, 0.25) is 0 Å². The van der Waals surface area contributed by atoms with Gasteiger partial charge in [0.25, 0.3) is 5.91 Å². The molecule has 0 aromatic heterocycles. The molecule has 0 radical (unpaired) electrons. The molecule has 17 heteroatoms. The lowest BCUT2D eigenvalue weighted by molar-refractivity contribution is -0.143. The molecule has 2 aromatic carbocycles. The molecular formula is C37H42F2N5O9S-. The Bertz CT molecular complexity index is 2000. The van der Waals surface area contributed by atoms with E-state index in [1.807, 2.05) is 35.1 Å². The van der Waals surface area contributed by atoms with E-state index in [1.165, 1.54) is 4.90 Å². The van der Waals surface area contributed by atoms with Crippen molar-refractivity contribution in [3.63, 3.8) is 0 Å². The number of nitrogens with zero attached hydrogens (tertiary/aromatic N) is 2. The van der Waals surface area contributed by atoms with Crippen molar-refractivity contribution in [2.24, 2.45) is 16.5 Å². The van der Waals surface area contributed by atoms with Crippen LogP contribution in [0.3, 0.4) is 0 Å². The smallest absolute Gasteiger partial charge is 0.408 e. The maximum Gasteiger partial charge on any atom is 0.408 e. The van der Waals surface area contributed by atoms with Gasteiger partial charge in [0.1, 0.15) is 36.6 Å². The molecule has 0 spiro atoms. The number of ether oxygens (including phenoxy) is 2. The van der Waals surface area contributed by atoms with Gasteiger partial charge in [-0.25, -0.2) is 22.0 Å². The van der Waals surface area contributed by atoms with E-state index in [2.05, 4.69) is 15.8 Å². The lowest BCUT2D eigenvalue weighted by Crippen LogP contribution is -2.60. The Balaban J connectivity index is 1.02. The normalized spacial score (nSPS) is 23.1. The predicted octanol–water partition coefficient (Wildman–Crippen LogP) is 3.82. The Morgan fingerprint density at radius 2 is 1.70 bits per heavy atom. The fraction of sp³-hybridized carbons (Fsp3) is 0.486. The van der Waals surface area contributed by atoms with Crippen molar-refractivity contribution in [3.05, 3.63) is 71.0 Å². The second-order valence-electron chi connectivity index (χ2n) is 15.0. The van der Waals surface area contributed by atoms with E-state index in [0.29, 0.717) is 36.3 Å². The number of halogens is 2. The quantitative estimate of drug-likeness (QED) is 0.171. The van der Waals surface area contributed by atoms with E-state index in [0.717, 1.165) is 16.7 Å². The van der Waals surface area contributed by atoms with E-state index in [-0.39, 0.29) is 26.2 Å². The highest BCUT2D eigenvalue weighted by atomic mass is 32.2. The van der Waals surface area contributed by atoms with Crippen LogP contribution in [0.25, 0.3) is 11.1 Å². The van der Waals surface area contributed by atoms with Gasteiger partial charge in [-0.05, 0) is 79.0 Å². The Labute approximate surface area is 311 Å². The van der Waals surface area contributed by atoms with Crippen LogP contribution in [0.15, 0.2) is 59.8 Å². The minimum atomic E-state index is -4.07. The van der Waals surface area contributed by atoms with Crippen LogP contribution >= 0.6 is 0 Å². The highest BCUT2D eigenvalue weighted by Crippen LogP contribution is 2.48. The molecule has 6 rings (SSSR count). The molecule has 1 saturated heterocycles. The summed E-state index contributed by atoms with van der Waals surface area (Å²) in [4.78, 5) is 54.5. The number of amides is 4. The lowest BCUT2D eigenvalue weighted by Gasteiger charge is -2.35. The number of hydrogen-bond acceptors (Lipinski definition) is 10. The van der Waals surface area contributed by atoms with Gasteiger partial charge in [-0.1, -0.05) is 45.0 Å². The monoisotopic (exact) mass is 770 g/mol. The summed E-state index contributed by atoms with van der Waals surface area (Å²) < 4.78 is 65.2. The zero-order chi connectivity index (χ0) is 39.0. The molecule has 0 bridgehead atoms. The van der Waals surface area contributed by atoms with Gasteiger partial charge < -0.3 is 35.4 Å². The number of carbonyl (C=O) groups excluding carboxylic acids is 4. The van der Waals surface area contributed by atoms with Crippen molar-refractivity contribution in [2.75, 3.05) is 19.8 Å². The number of carbonyl (C=O) groups is 4. The highest BCUT2D eigenvalue weighted by molar-refractivity contribution is 7.91. The second-order valence-corrected chi connectivity index (χ2v) is 16.9. The molecule has 2 saturated carbocycles. The average Bonchev–Trinajstić information content (AvgIpc) is 4.03. The van der Waals surface area contributed by atoms with Gasteiger partial charge in [0, 0.05) is 17.7 Å². The van der Waals surface area contributed by atoms with Gasteiger partial charge in [-0.2, -0.15) is 0 Å². The highest BCUT2D eigenvalue weighted by Gasteiger charge is 2.66. The molecule has 3 aliphatic carbocycles. The van der Waals surface area contributed by atoms with Gasteiger partial charge in [-0.15, -0.1) is 0 Å². The minimum Gasteiger partial charge on any atom is -0.791 e. The van der Waals surface area contributed by atoms with Crippen LogP contribution in [-0.4, -0.2) is 91.9 Å². The molecule has 4 atom stereocenters. The molecule has 3 fully saturated rings. The van der Waals surface area contributed by atoms with Crippen LogP contribution in [0, 0.1) is 16.5 Å². The Kier molecular flexibility index (Phi) is 10.7. The van der Waals surface area contributed by atoms with E-state index >= 15 is 0 Å². The van der Waals surface area contributed by atoms with Gasteiger partial charge >= 0.3 is 6.09 Å². The minimum absolute atomic E-state index is 0.124. The molecule has 4 aliphatic rings. The number of benzene rings is 2. The maximum absolute atomic E-state index is 13.9. The Morgan fingerprint density at radius 3 is 2.35 bits per heavy atom. The van der Waals surface area contributed by atoms with Gasteiger partial charge in [0.05, 0.1) is 16.9 Å². The third kappa shape index (κ3) is 7.91. The van der Waals surface area contributed by atoms with Crippen LogP contribution in [-0.2, 0) is 29.1 Å². The SMILES string of the molecule is CC(C)(C)[C@H](NC(=O)OC/C=C\COc1ccc2c(c1)/C(=N\[O-])c1ccccc1-2)C(=O)N1CCC[C@H]1C(=O)N[C@]1(C(=O)NS(=O)(=O)C2CC2)C[C@H]1C(F)F. The van der Waals surface area contributed by atoms with Crippen molar-refractivity contribution in [2.45, 2.75) is 82.2 Å². The molecule has 1 heterocycles. The second kappa shape index (κ2) is 15.0. The predicted molar refractivity (Wildman–Crippen MR) is 193 cm³/mol. The summed E-state index contributed by atoms with van der Waals surface area (Å²) in [6.07, 6.45) is 0.0636. The van der Waals surface area contributed by atoms with Crippen molar-refractivity contribution in [3.8, 4) is 16.9 Å². The maximum atomic E-state index is 13.9. The summed E-state index contributed by atoms with van der Waals surface area (Å²) >= 11 is 0. The standard InChI is InChI=1S/C37H43F2N5O9S/c1-36(2,3)30(40-35(48)53-18-7-6-17-52-21-12-15-24-23-9-4-5-10-25(23)29(42-49)26(24)19-21)33(46)44-16-8-11-28(44)32(45)41-37(20-27(37)31(38)39)34(47)43-54(50,51)22-13-14-22/h4-7,9-10,12,15,19,22,27-28,30-31,49H,8,11,13-14,16-18,20H2,1-3H3,(H,40,48)(H,41,45)(H,43,47)/p-1/b7-6-,42-29-/t27-,28-,30+,37+/m0/s1. The number of nitrogens with one attached hydrogen (secondary N) is 3. The number of sulfonamides is 1. The number of rotatable bonds is 13. The summed E-state index contributed by atoms with van der Waals surface area (Å²) in [7, 11) is -4.07. The van der Waals surface area contributed by atoms with Crippen LogP contribution in [0.1, 0.15) is 64.0 Å². The molecule has 290 valence electrons. The third-order valence-electron chi connectivity index (χ3n) is 10.1. The summed E-state index contributed by atoms with van der Waals surface area (Å²) in [6.45, 7) is 5.21. The molecule has 3 N–H and O–H groups in total. The average molecular weight is 771 g/mol. The molecule has 2 aromatic rings. The topological polar surface area (TPSA) is 196 Å². The van der Waals surface area contributed by atoms with Gasteiger partial charge in [0.2, 0.25) is 28.3 Å². The molecular weight excluding hydrogens is 728 g/mol. The molecule has 1 aliphatic heterocycles. The first-order chi connectivity index (χ1) is 25.6. The summed E-state index contributed by atoms with van der Waals surface area (Å²) in [5, 5.41) is 19.0. The summed E-state index contributed by atoms with van der Waals surface area (Å²) in [5.74, 6) is -3.78. The van der Waals surface area contributed by atoms with E-state index in [4.69, 9.17) is 9.47 Å². The number of alkyl carbamates (subject to hydrolysis) is 1. The number of fused-ring (bicyclic) bond motifs is 3. The molecule has 4 amide bonds. The third-order valence-corrected chi connectivity index (χ3v) is 11.9. The van der Waals surface area contributed by atoms with Crippen molar-refractivity contribution in [1.82, 2.24) is 20.3 Å². The van der Waals surface area contributed by atoms with Crippen molar-refractivity contribution < 1.29 is 45.9 Å². The van der Waals surface area contributed by atoms with Crippen molar-refractivity contribution in [1.29, 1.82) is 0 Å². The van der Waals surface area contributed by atoms with E-state index in [1.54, 1.807) is 45.1 Å².